The summed E-state index contributed by atoms with van der Waals surface area (Å²) in [7, 11) is 0. The Morgan fingerprint density at radius 1 is 0.480 bits per heavy atom. The van der Waals surface area contributed by atoms with Crippen LogP contribution in [-0.4, -0.2) is 80.5 Å². The van der Waals surface area contributed by atoms with Crippen molar-refractivity contribution in [3.63, 3.8) is 0 Å². The highest BCUT2D eigenvalue weighted by molar-refractivity contribution is 5.69. The number of hydrogen-bond donors (Lipinski definition) is 0. The summed E-state index contributed by atoms with van der Waals surface area (Å²) in [4.78, 5) is 29.8. The summed E-state index contributed by atoms with van der Waals surface area (Å²) in [6, 6.07) is 0. The van der Waals surface area contributed by atoms with Crippen LogP contribution in [0.15, 0.2) is 0 Å². The molecule has 0 aromatic rings. The van der Waals surface area contributed by atoms with Crippen molar-refractivity contribution in [3.8, 4) is 0 Å². The zero-order chi connectivity index (χ0) is 36.9. The van der Waals surface area contributed by atoms with Gasteiger partial charge in [-0.15, -0.1) is 0 Å². The standard InChI is InChI=1S/C43H86N2O5/c1-7-13-16-18-19-20-23-27-32-41(50-43(47)48-38-37-45(12-6)36-35-44(10-4)11-5)33-28-24-21-22-25-29-34-42(46)49-39-40(30-15-9-3)31-26-17-14-8-2/h40-41H,7-39H2,1-6H3. The molecule has 0 bridgehead atoms. The minimum Gasteiger partial charge on any atom is -0.465 e. The Bertz CT molecular complexity index is 732. The van der Waals surface area contributed by atoms with Gasteiger partial charge in [0.25, 0.3) is 0 Å². The topological polar surface area (TPSA) is 68.3 Å². The summed E-state index contributed by atoms with van der Waals surface area (Å²) in [5.41, 5.74) is 0. The molecule has 0 aromatic carbocycles. The SMILES string of the molecule is CCCCCCCCCCC(CCCCCCCCC(=O)OCC(CCCC)CCCCCC)OC(=O)OCCN(CC)CCN(CC)CC. The van der Waals surface area contributed by atoms with Gasteiger partial charge in [-0.05, 0) is 70.5 Å². The zero-order valence-electron chi connectivity index (χ0n) is 34.4. The maximum atomic E-state index is 12.7. The van der Waals surface area contributed by atoms with E-state index >= 15 is 0 Å². The second kappa shape index (κ2) is 37.4. The Morgan fingerprint density at radius 3 is 1.50 bits per heavy atom. The predicted octanol–water partition coefficient (Wildman–Crippen LogP) is 12.1. The average Bonchev–Trinajstić information content (AvgIpc) is 3.12. The Labute approximate surface area is 311 Å². The second-order valence-electron chi connectivity index (χ2n) is 14.8. The summed E-state index contributed by atoms with van der Waals surface area (Å²) in [5.74, 6) is 0.509. The summed E-state index contributed by atoms with van der Waals surface area (Å²) < 4.78 is 17.1. The Morgan fingerprint density at radius 2 is 0.940 bits per heavy atom. The van der Waals surface area contributed by atoms with E-state index in [0.717, 1.165) is 97.1 Å². The number of esters is 1. The molecule has 50 heavy (non-hydrogen) atoms. The van der Waals surface area contributed by atoms with Gasteiger partial charge in [0.1, 0.15) is 12.7 Å². The smallest absolute Gasteiger partial charge is 0.465 e. The van der Waals surface area contributed by atoms with Crippen LogP contribution in [0.25, 0.3) is 0 Å². The van der Waals surface area contributed by atoms with E-state index in [1.54, 1.807) is 0 Å². The van der Waals surface area contributed by atoms with Gasteiger partial charge >= 0.3 is 12.1 Å². The molecule has 0 aliphatic carbocycles. The van der Waals surface area contributed by atoms with Crippen molar-refractivity contribution in [1.29, 1.82) is 0 Å². The molecule has 0 rings (SSSR count). The quantitative estimate of drug-likeness (QED) is 0.0466. The maximum Gasteiger partial charge on any atom is 0.508 e. The average molecular weight is 711 g/mol. The van der Waals surface area contributed by atoms with Gasteiger partial charge in [0.2, 0.25) is 0 Å². The van der Waals surface area contributed by atoms with Gasteiger partial charge in [-0.1, -0.05) is 151 Å². The van der Waals surface area contributed by atoms with E-state index in [1.807, 2.05) is 0 Å². The molecular weight excluding hydrogens is 624 g/mol. The van der Waals surface area contributed by atoms with Crippen molar-refractivity contribution < 1.29 is 23.8 Å². The maximum absolute atomic E-state index is 12.7. The molecule has 2 unspecified atom stereocenters. The number of nitrogens with zero attached hydrogens (tertiary/aromatic N) is 2. The van der Waals surface area contributed by atoms with E-state index in [2.05, 4.69) is 51.3 Å². The minimum absolute atomic E-state index is 0.0186. The van der Waals surface area contributed by atoms with Crippen LogP contribution in [0, 0.1) is 5.92 Å². The number of ether oxygens (including phenoxy) is 3. The van der Waals surface area contributed by atoms with E-state index in [9.17, 15) is 9.59 Å². The normalized spacial score (nSPS) is 12.8. The van der Waals surface area contributed by atoms with Gasteiger partial charge in [-0.3, -0.25) is 9.69 Å². The van der Waals surface area contributed by atoms with Crippen molar-refractivity contribution in [3.05, 3.63) is 0 Å². The fraction of sp³-hybridized carbons (Fsp3) is 0.953. The third kappa shape index (κ3) is 31.4. The molecule has 0 amide bonds. The lowest BCUT2D eigenvalue weighted by Crippen LogP contribution is -2.37. The highest BCUT2D eigenvalue weighted by Gasteiger charge is 2.16. The van der Waals surface area contributed by atoms with E-state index in [1.165, 1.54) is 96.3 Å². The summed E-state index contributed by atoms with van der Waals surface area (Å²) in [6.07, 6.45) is 28.4. The number of unbranched alkanes of at least 4 members (excludes halogenated alkanes) is 16. The zero-order valence-corrected chi connectivity index (χ0v) is 34.4. The molecule has 0 N–H and O–H groups in total. The third-order valence-electron chi connectivity index (χ3n) is 10.4. The van der Waals surface area contributed by atoms with E-state index < -0.39 is 6.16 Å². The molecule has 0 aliphatic rings. The van der Waals surface area contributed by atoms with Crippen molar-refractivity contribution in [2.75, 3.05) is 52.5 Å². The van der Waals surface area contributed by atoms with E-state index in [-0.39, 0.29) is 12.1 Å². The van der Waals surface area contributed by atoms with Crippen LogP contribution in [0.3, 0.4) is 0 Å². The lowest BCUT2D eigenvalue weighted by molar-refractivity contribution is -0.145. The summed E-state index contributed by atoms with van der Waals surface area (Å²) in [5, 5.41) is 0. The first kappa shape index (κ1) is 48.7. The van der Waals surface area contributed by atoms with E-state index in [0.29, 0.717) is 25.6 Å². The predicted molar refractivity (Wildman–Crippen MR) is 213 cm³/mol. The molecule has 0 saturated heterocycles. The molecule has 298 valence electrons. The molecule has 0 aliphatic heterocycles. The highest BCUT2D eigenvalue weighted by atomic mass is 16.7. The first-order valence-electron chi connectivity index (χ1n) is 21.9. The van der Waals surface area contributed by atoms with Crippen LogP contribution < -0.4 is 0 Å². The molecule has 0 aromatic heterocycles. The number of hydrogen-bond acceptors (Lipinski definition) is 7. The van der Waals surface area contributed by atoms with Crippen molar-refractivity contribution in [2.24, 2.45) is 5.92 Å². The van der Waals surface area contributed by atoms with Gasteiger partial charge in [-0.2, -0.15) is 0 Å². The fourth-order valence-electron chi connectivity index (χ4n) is 6.74. The molecule has 0 fully saturated rings. The van der Waals surface area contributed by atoms with Crippen molar-refractivity contribution in [1.82, 2.24) is 9.80 Å². The molecule has 7 heteroatoms. The number of carbonyl (C=O) groups is 2. The Balaban J connectivity index is 4.41. The number of rotatable bonds is 38. The minimum atomic E-state index is -0.505. The van der Waals surface area contributed by atoms with Gasteiger partial charge < -0.3 is 19.1 Å². The van der Waals surface area contributed by atoms with Crippen molar-refractivity contribution >= 4 is 12.1 Å². The second-order valence-corrected chi connectivity index (χ2v) is 14.8. The lowest BCUT2D eigenvalue weighted by atomic mass is 9.96. The van der Waals surface area contributed by atoms with Gasteiger partial charge in [0.05, 0.1) is 6.61 Å². The molecular formula is C43H86N2O5. The van der Waals surface area contributed by atoms with Gasteiger partial charge in [0.15, 0.2) is 0 Å². The van der Waals surface area contributed by atoms with Crippen LogP contribution in [0.1, 0.15) is 202 Å². The molecule has 0 heterocycles. The molecule has 0 radical (unpaired) electrons. The first-order chi connectivity index (χ1) is 24.4. The first-order valence-corrected chi connectivity index (χ1v) is 21.9. The Kier molecular flexibility index (Phi) is 36.4. The van der Waals surface area contributed by atoms with Gasteiger partial charge in [0, 0.05) is 26.1 Å². The Hall–Kier alpha value is -1.34. The molecule has 0 saturated carbocycles. The van der Waals surface area contributed by atoms with Crippen LogP contribution in [0.5, 0.6) is 0 Å². The van der Waals surface area contributed by atoms with Crippen LogP contribution in [-0.2, 0) is 19.0 Å². The van der Waals surface area contributed by atoms with E-state index in [4.69, 9.17) is 14.2 Å². The number of carbonyl (C=O) groups excluding carboxylic acids is 2. The van der Waals surface area contributed by atoms with Gasteiger partial charge in [-0.25, -0.2) is 4.79 Å². The van der Waals surface area contributed by atoms with Crippen LogP contribution >= 0.6 is 0 Å². The largest absolute Gasteiger partial charge is 0.508 e. The summed E-state index contributed by atoms with van der Waals surface area (Å²) in [6.45, 7) is 20.1. The van der Waals surface area contributed by atoms with Crippen LogP contribution in [0.2, 0.25) is 0 Å². The summed E-state index contributed by atoms with van der Waals surface area (Å²) >= 11 is 0. The lowest BCUT2D eigenvalue weighted by Gasteiger charge is -2.25. The molecule has 7 nitrogen and oxygen atoms in total. The highest BCUT2D eigenvalue weighted by Crippen LogP contribution is 2.20. The molecule has 0 spiro atoms. The van der Waals surface area contributed by atoms with Crippen LogP contribution in [0.4, 0.5) is 4.79 Å². The number of likely N-dealkylation sites (N-methyl/N-ethyl adjacent to an activating group) is 2. The fourth-order valence-corrected chi connectivity index (χ4v) is 6.74. The monoisotopic (exact) mass is 711 g/mol. The third-order valence-corrected chi connectivity index (χ3v) is 10.4. The molecule has 2 atom stereocenters. The van der Waals surface area contributed by atoms with Crippen molar-refractivity contribution in [2.45, 2.75) is 208 Å².